The Morgan fingerprint density at radius 3 is 2.26 bits per heavy atom. The minimum absolute atomic E-state index is 0.0854. The predicted molar refractivity (Wildman–Crippen MR) is 89.3 cm³/mol. The van der Waals surface area contributed by atoms with Crippen LogP contribution in [-0.4, -0.2) is 28.6 Å². The van der Waals surface area contributed by atoms with Crippen LogP contribution >= 0.6 is 15.9 Å². The van der Waals surface area contributed by atoms with Gasteiger partial charge in [0.2, 0.25) is 0 Å². The zero-order chi connectivity index (χ0) is 17.0. The number of nitrogens with one attached hydrogen (secondary N) is 1. The maximum atomic E-state index is 12.4. The molecule has 0 radical (unpaired) electrons. The third kappa shape index (κ3) is 4.02. The van der Waals surface area contributed by atoms with Gasteiger partial charge in [0.25, 0.3) is 10.0 Å². The highest BCUT2D eigenvalue weighted by Gasteiger charge is 2.16. The lowest BCUT2D eigenvalue weighted by molar-refractivity contribution is 0.0601. The van der Waals surface area contributed by atoms with E-state index < -0.39 is 16.0 Å². The molecule has 2 rings (SSSR count). The number of carbonyl (C=O) groups excluding carboxylic acids is 1. The van der Waals surface area contributed by atoms with Crippen molar-refractivity contribution in [2.75, 3.05) is 18.9 Å². The van der Waals surface area contributed by atoms with Crippen LogP contribution in [0, 0.1) is 0 Å². The molecule has 0 aliphatic carbocycles. The second-order valence-corrected chi connectivity index (χ2v) is 7.01. The van der Waals surface area contributed by atoms with Gasteiger partial charge in [-0.1, -0.05) is 0 Å². The van der Waals surface area contributed by atoms with Crippen molar-refractivity contribution in [3.8, 4) is 5.75 Å². The highest BCUT2D eigenvalue weighted by atomic mass is 79.9. The van der Waals surface area contributed by atoms with E-state index in [0.717, 1.165) is 0 Å². The fourth-order valence-electron chi connectivity index (χ4n) is 1.82. The molecule has 0 aromatic heterocycles. The number of sulfonamides is 1. The molecule has 23 heavy (non-hydrogen) atoms. The van der Waals surface area contributed by atoms with E-state index in [4.69, 9.17) is 4.74 Å². The van der Waals surface area contributed by atoms with Crippen molar-refractivity contribution in [3.63, 3.8) is 0 Å². The first-order valence-electron chi connectivity index (χ1n) is 6.42. The van der Waals surface area contributed by atoms with Crippen molar-refractivity contribution in [2.24, 2.45) is 0 Å². The Balaban J connectivity index is 2.24. The number of benzene rings is 2. The molecule has 6 nitrogen and oxygen atoms in total. The molecule has 0 unspecified atom stereocenters. The number of halogens is 1. The molecule has 0 bridgehead atoms. The van der Waals surface area contributed by atoms with Gasteiger partial charge in [-0.05, 0) is 58.4 Å². The van der Waals surface area contributed by atoms with Gasteiger partial charge in [0.1, 0.15) is 5.75 Å². The summed E-state index contributed by atoms with van der Waals surface area (Å²) >= 11 is 3.25. The monoisotopic (exact) mass is 399 g/mol. The largest absolute Gasteiger partial charge is 0.496 e. The number of rotatable bonds is 5. The molecule has 0 fully saturated rings. The second kappa shape index (κ2) is 7.01. The van der Waals surface area contributed by atoms with Crippen LogP contribution < -0.4 is 9.46 Å². The molecule has 0 amide bonds. The third-order valence-electron chi connectivity index (χ3n) is 2.99. The first kappa shape index (κ1) is 17.3. The standard InChI is InChI=1S/C15H14BrNO5S/c1-21-14-8-7-12(9-13(14)16)23(19,20)17-11-5-3-10(4-6-11)15(18)22-2/h3-9,17H,1-2H3. The molecule has 2 aromatic carbocycles. The Morgan fingerprint density at radius 2 is 1.74 bits per heavy atom. The average molecular weight is 400 g/mol. The lowest BCUT2D eigenvalue weighted by Gasteiger charge is -2.10. The van der Waals surface area contributed by atoms with E-state index >= 15 is 0 Å². The Hall–Kier alpha value is -2.06. The van der Waals surface area contributed by atoms with Crippen molar-refractivity contribution < 1.29 is 22.7 Å². The van der Waals surface area contributed by atoms with Crippen LogP contribution in [-0.2, 0) is 14.8 Å². The summed E-state index contributed by atoms with van der Waals surface area (Å²) in [6.07, 6.45) is 0. The molecule has 8 heteroatoms. The third-order valence-corrected chi connectivity index (χ3v) is 4.99. The summed E-state index contributed by atoms with van der Waals surface area (Å²) in [5.74, 6) is 0.0462. The van der Waals surface area contributed by atoms with Gasteiger partial charge in [-0.3, -0.25) is 4.72 Å². The summed E-state index contributed by atoms with van der Waals surface area (Å²) in [4.78, 5) is 11.4. The summed E-state index contributed by atoms with van der Waals surface area (Å²) in [6, 6.07) is 10.4. The molecule has 122 valence electrons. The predicted octanol–water partition coefficient (Wildman–Crippen LogP) is 3.05. The van der Waals surface area contributed by atoms with E-state index in [9.17, 15) is 13.2 Å². The van der Waals surface area contributed by atoms with E-state index in [0.29, 0.717) is 21.5 Å². The highest BCUT2D eigenvalue weighted by Crippen LogP contribution is 2.28. The number of hydrogen-bond donors (Lipinski definition) is 1. The van der Waals surface area contributed by atoms with Crippen LogP contribution in [0.2, 0.25) is 0 Å². The lowest BCUT2D eigenvalue weighted by atomic mass is 10.2. The quantitative estimate of drug-likeness (QED) is 0.781. The van der Waals surface area contributed by atoms with Gasteiger partial charge in [-0.15, -0.1) is 0 Å². The van der Waals surface area contributed by atoms with Crippen molar-refractivity contribution in [1.82, 2.24) is 0 Å². The number of carbonyl (C=O) groups is 1. The molecule has 1 N–H and O–H groups in total. The number of anilines is 1. The minimum Gasteiger partial charge on any atom is -0.496 e. The number of hydrogen-bond acceptors (Lipinski definition) is 5. The molecule has 0 saturated heterocycles. The van der Waals surface area contributed by atoms with Gasteiger partial charge >= 0.3 is 5.97 Å². The van der Waals surface area contributed by atoms with Gasteiger partial charge in [-0.25, -0.2) is 13.2 Å². The minimum atomic E-state index is -3.75. The average Bonchev–Trinajstić information content (AvgIpc) is 2.54. The Morgan fingerprint density at radius 1 is 1.09 bits per heavy atom. The van der Waals surface area contributed by atoms with Gasteiger partial charge in [0.05, 0.1) is 29.2 Å². The molecular formula is C15H14BrNO5S. The zero-order valence-electron chi connectivity index (χ0n) is 12.4. The molecule has 0 heterocycles. The van der Waals surface area contributed by atoms with Crippen LogP contribution in [0.1, 0.15) is 10.4 Å². The maximum absolute atomic E-state index is 12.4. The highest BCUT2D eigenvalue weighted by molar-refractivity contribution is 9.10. The lowest BCUT2D eigenvalue weighted by Crippen LogP contribution is -2.13. The van der Waals surface area contributed by atoms with Crippen LogP contribution in [0.3, 0.4) is 0 Å². The molecule has 0 atom stereocenters. The van der Waals surface area contributed by atoms with E-state index in [1.165, 1.54) is 50.6 Å². The zero-order valence-corrected chi connectivity index (χ0v) is 14.8. The normalized spacial score (nSPS) is 10.9. The fraction of sp³-hybridized carbons (Fsp3) is 0.133. The molecule has 0 spiro atoms. The summed E-state index contributed by atoms with van der Waals surface area (Å²) in [6.45, 7) is 0. The number of esters is 1. The molecule has 0 aliphatic rings. The first-order chi connectivity index (χ1) is 10.9. The van der Waals surface area contributed by atoms with E-state index in [1.54, 1.807) is 6.07 Å². The fourth-order valence-corrected chi connectivity index (χ4v) is 3.60. The van der Waals surface area contributed by atoms with Gasteiger partial charge in [0, 0.05) is 5.69 Å². The summed E-state index contributed by atoms with van der Waals surface area (Å²) in [5.41, 5.74) is 0.673. The topological polar surface area (TPSA) is 81.7 Å². The molecular weight excluding hydrogens is 386 g/mol. The summed E-state index contributed by atoms with van der Waals surface area (Å²) < 4.78 is 37.4. The van der Waals surface area contributed by atoms with Gasteiger partial charge < -0.3 is 9.47 Å². The second-order valence-electron chi connectivity index (χ2n) is 4.47. The van der Waals surface area contributed by atoms with Crippen molar-refractivity contribution in [3.05, 3.63) is 52.5 Å². The van der Waals surface area contributed by atoms with Crippen molar-refractivity contribution in [2.45, 2.75) is 4.90 Å². The van der Waals surface area contributed by atoms with E-state index in [-0.39, 0.29) is 4.90 Å². The van der Waals surface area contributed by atoms with Crippen molar-refractivity contribution in [1.29, 1.82) is 0 Å². The van der Waals surface area contributed by atoms with Crippen LogP contribution in [0.5, 0.6) is 5.75 Å². The van der Waals surface area contributed by atoms with Crippen LogP contribution in [0.25, 0.3) is 0 Å². The van der Waals surface area contributed by atoms with Gasteiger partial charge in [0.15, 0.2) is 0 Å². The van der Waals surface area contributed by atoms with Gasteiger partial charge in [-0.2, -0.15) is 0 Å². The smallest absolute Gasteiger partial charge is 0.337 e. The first-order valence-corrected chi connectivity index (χ1v) is 8.69. The van der Waals surface area contributed by atoms with Crippen LogP contribution in [0.15, 0.2) is 51.8 Å². The molecule has 0 saturated carbocycles. The number of ether oxygens (including phenoxy) is 2. The van der Waals surface area contributed by atoms with E-state index in [1.807, 2.05) is 0 Å². The SMILES string of the molecule is COC(=O)c1ccc(NS(=O)(=O)c2ccc(OC)c(Br)c2)cc1. The Kier molecular flexibility index (Phi) is 5.27. The molecule has 2 aromatic rings. The van der Waals surface area contributed by atoms with E-state index in [2.05, 4.69) is 25.4 Å². The Bertz CT molecular complexity index is 818. The number of methoxy groups -OCH3 is 2. The Labute approximate surface area is 142 Å². The molecule has 0 aliphatic heterocycles. The summed E-state index contributed by atoms with van der Waals surface area (Å²) in [7, 11) is -0.978. The summed E-state index contributed by atoms with van der Waals surface area (Å²) in [5, 5.41) is 0. The van der Waals surface area contributed by atoms with Crippen LogP contribution in [0.4, 0.5) is 5.69 Å². The maximum Gasteiger partial charge on any atom is 0.337 e. The van der Waals surface area contributed by atoms with Crippen molar-refractivity contribution >= 4 is 37.6 Å².